The van der Waals surface area contributed by atoms with E-state index in [0.29, 0.717) is 12.8 Å². The molecule has 0 saturated heterocycles. The second kappa shape index (κ2) is 18.2. The van der Waals surface area contributed by atoms with Gasteiger partial charge in [0.2, 0.25) is 5.76 Å². The van der Waals surface area contributed by atoms with Gasteiger partial charge in [0.25, 0.3) is 0 Å². The lowest BCUT2D eigenvalue weighted by Crippen LogP contribution is -2.15. The molecule has 0 rings (SSSR count). The van der Waals surface area contributed by atoms with Crippen molar-refractivity contribution < 1.29 is 29.3 Å². The molecule has 0 aliphatic rings. The number of aliphatic hydroxyl groups is 2. The molecule has 0 radical (unpaired) electrons. The fourth-order valence-electron chi connectivity index (χ4n) is 2.98. The number of aliphatic hydroxyl groups excluding tert-OH is 2. The van der Waals surface area contributed by atoms with E-state index >= 15 is 0 Å². The van der Waals surface area contributed by atoms with E-state index in [0.717, 1.165) is 38.5 Å². The zero-order valence-electron chi connectivity index (χ0n) is 18.5. The molecule has 0 amide bonds. The van der Waals surface area contributed by atoms with Crippen molar-refractivity contribution in [1.29, 1.82) is 0 Å². The van der Waals surface area contributed by atoms with Gasteiger partial charge in [-0.2, -0.15) is 0 Å². The molecule has 0 fully saturated rings. The highest BCUT2D eigenvalue weighted by molar-refractivity contribution is 5.98. The largest absolute Gasteiger partial charge is 0.501 e. The van der Waals surface area contributed by atoms with Crippen molar-refractivity contribution in [3.8, 4) is 0 Å². The van der Waals surface area contributed by atoms with E-state index in [1.807, 2.05) is 0 Å². The highest BCUT2D eigenvalue weighted by Crippen LogP contribution is 2.16. The van der Waals surface area contributed by atoms with Crippen molar-refractivity contribution >= 4 is 11.9 Å². The van der Waals surface area contributed by atoms with Gasteiger partial charge in [-0.15, -0.1) is 0 Å². The molecule has 6 nitrogen and oxygen atoms in total. The zero-order chi connectivity index (χ0) is 21.9. The molecule has 0 unspecified atom stereocenters. The Bertz CT molecular complexity index is 509. The highest BCUT2D eigenvalue weighted by atomic mass is 16.5. The van der Waals surface area contributed by atoms with Crippen molar-refractivity contribution in [3.05, 3.63) is 23.5 Å². The van der Waals surface area contributed by atoms with E-state index in [2.05, 4.69) is 23.8 Å². The van der Waals surface area contributed by atoms with Crippen LogP contribution < -0.4 is 0 Å². The number of methoxy groups -OCH3 is 1. The predicted molar refractivity (Wildman–Crippen MR) is 115 cm³/mol. The Kier molecular flexibility index (Phi) is 17.1. The molecule has 168 valence electrons. The Balaban J connectivity index is 4.02. The molecule has 0 saturated carbocycles. The van der Waals surface area contributed by atoms with Crippen LogP contribution >= 0.6 is 0 Å². The van der Waals surface area contributed by atoms with Gasteiger partial charge in [0.1, 0.15) is 0 Å². The third kappa shape index (κ3) is 13.9. The van der Waals surface area contributed by atoms with Gasteiger partial charge in [-0.1, -0.05) is 57.6 Å². The summed E-state index contributed by atoms with van der Waals surface area (Å²) in [6.07, 6.45) is 15.0. The second-order valence-electron chi connectivity index (χ2n) is 7.20. The molecule has 0 aliphatic carbocycles. The van der Waals surface area contributed by atoms with Gasteiger partial charge >= 0.3 is 11.9 Å². The molecule has 0 spiro atoms. The minimum atomic E-state index is -0.898. The molecular formula is C23H40O6. The Labute approximate surface area is 176 Å². The molecule has 29 heavy (non-hydrogen) atoms. The zero-order valence-corrected chi connectivity index (χ0v) is 18.5. The van der Waals surface area contributed by atoms with Gasteiger partial charge in [0.05, 0.1) is 25.4 Å². The summed E-state index contributed by atoms with van der Waals surface area (Å²) in [5.41, 5.74) is -0.0289. The highest BCUT2D eigenvalue weighted by Gasteiger charge is 2.21. The molecule has 6 heteroatoms. The number of allylic oxidation sites excluding steroid dienone is 1. The van der Waals surface area contributed by atoms with Gasteiger partial charge in [-0.25, -0.2) is 9.59 Å². The smallest absolute Gasteiger partial charge is 0.373 e. The molecule has 0 aromatic heterocycles. The third-order valence-corrected chi connectivity index (χ3v) is 4.70. The van der Waals surface area contributed by atoms with E-state index in [4.69, 9.17) is 4.74 Å². The maximum Gasteiger partial charge on any atom is 0.373 e. The van der Waals surface area contributed by atoms with Crippen LogP contribution in [0.2, 0.25) is 0 Å². The van der Waals surface area contributed by atoms with Crippen LogP contribution in [-0.2, 0) is 19.1 Å². The van der Waals surface area contributed by atoms with Gasteiger partial charge in [0, 0.05) is 0 Å². The van der Waals surface area contributed by atoms with Crippen molar-refractivity contribution in [2.75, 3.05) is 13.7 Å². The summed E-state index contributed by atoms with van der Waals surface area (Å²) in [6.45, 7) is 3.94. The quantitative estimate of drug-likeness (QED) is 0.113. The summed E-state index contributed by atoms with van der Waals surface area (Å²) in [5.74, 6) is -2.26. The molecular weight excluding hydrogens is 372 g/mol. The first kappa shape index (κ1) is 27.2. The summed E-state index contributed by atoms with van der Waals surface area (Å²) in [7, 11) is 1.22. The van der Waals surface area contributed by atoms with E-state index in [9.17, 15) is 19.8 Å². The van der Waals surface area contributed by atoms with Crippen LogP contribution in [0.3, 0.4) is 0 Å². The van der Waals surface area contributed by atoms with Crippen molar-refractivity contribution in [1.82, 2.24) is 0 Å². The molecule has 0 heterocycles. The number of carbonyl (C=O) groups excluding carboxylic acids is 2. The maximum absolute atomic E-state index is 11.8. The summed E-state index contributed by atoms with van der Waals surface area (Å²) < 4.78 is 9.38. The van der Waals surface area contributed by atoms with E-state index < -0.39 is 17.7 Å². The molecule has 0 aliphatic heterocycles. The lowest BCUT2D eigenvalue weighted by Gasteiger charge is -2.08. The number of hydrogen-bond acceptors (Lipinski definition) is 6. The van der Waals surface area contributed by atoms with Gasteiger partial charge in [0.15, 0.2) is 0 Å². The van der Waals surface area contributed by atoms with Crippen molar-refractivity contribution in [2.45, 2.75) is 97.0 Å². The van der Waals surface area contributed by atoms with Gasteiger partial charge < -0.3 is 19.7 Å². The Morgan fingerprint density at radius 2 is 1.62 bits per heavy atom. The van der Waals surface area contributed by atoms with Crippen LogP contribution in [0, 0.1) is 0 Å². The lowest BCUT2D eigenvalue weighted by molar-refractivity contribution is -0.143. The number of esters is 2. The third-order valence-electron chi connectivity index (χ3n) is 4.70. The van der Waals surface area contributed by atoms with Crippen LogP contribution in [0.5, 0.6) is 0 Å². The number of unbranched alkanes of at least 4 members (excludes halogenated alkanes) is 7. The van der Waals surface area contributed by atoms with E-state index in [1.165, 1.54) is 26.4 Å². The first-order chi connectivity index (χ1) is 14.0. The fourth-order valence-corrected chi connectivity index (χ4v) is 2.98. The van der Waals surface area contributed by atoms with Crippen LogP contribution in [0.15, 0.2) is 23.5 Å². The number of hydrogen-bond donors (Lipinski definition) is 2. The Morgan fingerprint density at radius 1 is 0.931 bits per heavy atom. The number of carbonyl (C=O) groups is 2. The second-order valence-corrected chi connectivity index (χ2v) is 7.20. The molecule has 0 aromatic carbocycles. The minimum absolute atomic E-state index is 0.0289. The summed E-state index contributed by atoms with van der Waals surface area (Å²) in [4.78, 5) is 23.4. The van der Waals surface area contributed by atoms with Crippen LogP contribution in [0.25, 0.3) is 0 Å². The first-order valence-electron chi connectivity index (χ1n) is 11.0. The topological polar surface area (TPSA) is 93.1 Å². The van der Waals surface area contributed by atoms with Gasteiger partial charge in [-0.05, 0) is 45.4 Å². The van der Waals surface area contributed by atoms with Crippen molar-refractivity contribution in [3.63, 3.8) is 0 Å². The monoisotopic (exact) mass is 412 g/mol. The van der Waals surface area contributed by atoms with Crippen molar-refractivity contribution in [2.24, 2.45) is 0 Å². The predicted octanol–water partition coefficient (Wildman–Crippen LogP) is 5.15. The minimum Gasteiger partial charge on any atom is -0.501 e. The van der Waals surface area contributed by atoms with Gasteiger partial charge in [-0.3, -0.25) is 0 Å². The molecule has 0 bridgehead atoms. The van der Waals surface area contributed by atoms with Crippen LogP contribution in [-0.4, -0.2) is 42.0 Å². The molecule has 1 atom stereocenters. The summed E-state index contributed by atoms with van der Waals surface area (Å²) in [6, 6.07) is 0. The molecule has 0 aromatic rings. The number of rotatable bonds is 17. The van der Waals surface area contributed by atoms with Crippen LogP contribution in [0.1, 0.15) is 90.9 Å². The van der Waals surface area contributed by atoms with E-state index in [-0.39, 0.29) is 24.7 Å². The normalized spacial score (nSPS) is 13.2. The number of ether oxygens (including phenoxy) is 2. The Hall–Kier alpha value is -1.82. The summed E-state index contributed by atoms with van der Waals surface area (Å²) in [5, 5.41) is 19.8. The first-order valence-corrected chi connectivity index (χ1v) is 11.0. The molecule has 2 N–H and O–H groups in total. The lowest BCUT2D eigenvalue weighted by atomic mass is 10.0. The average Bonchev–Trinajstić information content (AvgIpc) is 2.71. The SMILES string of the molecule is CCCCCC[C@H](O)C/C=C\CCCCCC/C(C(=O)OC)=C(/O)C(=O)OCC. The maximum atomic E-state index is 11.8. The van der Waals surface area contributed by atoms with E-state index in [1.54, 1.807) is 6.92 Å². The fraction of sp³-hybridized carbons (Fsp3) is 0.739. The summed E-state index contributed by atoms with van der Waals surface area (Å²) >= 11 is 0. The standard InChI is InChI=1S/C23H40O6/c1-4-6-7-13-16-19(24)17-14-11-9-8-10-12-15-18-20(22(26)28-3)21(25)23(27)29-5-2/h11,14,19,24-25H,4-10,12-13,15-18H2,1-3H3/b14-11-,21-20-/t19-/m0/s1. The Morgan fingerprint density at radius 3 is 2.28 bits per heavy atom. The average molecular weight is 413 g/mol. The van der Waals surface area contributed by atoms with Crippen LogP contribution in [0.4, 0.5) is 0 Å².